The molecule has 0 saturated heterocycles. The Balaban J connectivity index is 2.09. The maximum absolute atomic E-state index is 12.4. The summed E-state index contributed by atoms with van der Waals surface area (Å²) in [5.74, 6) is -0.505. The summed E-state index contributed by atoms with van der Waals surface area (Å²) >= 11 is 1.61. The van der Waals surface area contributed by atoms with Crippen molar-refractivity contribution in [2.45, 2.75) is 23.8 Å². The van der Waals surface area contributed by atoms with Gasteiger partial charge in [-0.1, -0.05) is 24.3 Å². The predicted molar refractivity (Wildman–Crippen MR) is 98.1 cm³/mol. The smallest absolute Gasteiger partial charge is 0.305 e. The van der Waals surface area contributed by atoms with E-state index in [1.165, 1.54) is 0 Å². The first-order valence-electron chi connectivity index (χ1n) is 7.80. The van der Waals surface area contributed by atoms with Gasteiger partial charge in [0.1, 0.15) is 5.75 Å². The number of methoxy groups -OCH3 is 1. The van der Waals surface area contributed by atoms with E-state index >= 15 is 0 Å². The molecule has 0 aliphatic carbocycles. The average molecular weight is 359 g/mol. The van der Waals surface area contributed by atoms with E-state index in [1.807, 2.05) is 48.7 Å². The highest BCUT2D eigenvalue weighted by molar-refractivity contribution is 7.98. The molecule has 5 nitrogen and oxygen atoms in total. The molecule has 6 heteroatoms. The second-order valence-corrected chi connectivity index (χ2v) is 6.40. The summed E-state index contributed by atoms with van der Waals surface area (Å²) in [5, 5.41) is 12.0. The molecule has 0 heterocycles. The van der Waals surface area contributed by atoms with E-state index in [9.17, 15) is 9.59 Å². The molecular weight excluding hydrogens is 338 g/mol. The topological polar surface area (TPSA) is 75.6 Å². The van der Waals surface area contributed by atoms with Crippen molar-refractivity contribution in [1.82, 2.24) is 5.32 Å². The zero-order valence-electron chi connectivity index (χ0n) is 14.2. The molecule has 1 atom stereocenters. The minimum atomic E-state index is -0.958. The summed E-state index contributed by atoms with van der Waals surface area (Å²) in [4.78, 5) is 24.6. The first kappa shape index (κ1) is 18.9. The summed E-state index contributed by atoms with van der Waals surface area (Å²) in [5.41, 5.74) is 1.59. The molecule has 25 heavy (non-hydrogen) atoms. The number of carbonyl (C=O) groups is 2. The number of carboxylic acids is 1. The third kappa shape index (κ3) is 5.83. The molecule has 2 aromatic rings. The van der Waals surface area contributed by atoms with Gasteiger partial charge in [-0.15, -0.1) is 11.8 Å². The number of amides is 1. The highest BCUT2D eigenvalue weighted by atomic mass is 32.2. The average Bonchev–Trinajstić information content (AvgIpc) is 2.61. The van der Waals surface area contributed by atoms with Gasteiger partial charge in [0.25, 0.3) is 0 Å². The summed E-state index contributed by atoms with van der Waals surface area (Å²) in [7, 11) is 1.57. The van der Waals surface area contributed by atoms with Crippen molar-refractivity contribution in [2.24, 2.45) is 0 Å². The number of carboxylic acid groups (broad SMARTS) is 1. The predicted octanol–water partition coefficient (Wildman–Crippen LogP) is 3.29. The second-order valence-electron chi connectivity index (χ2n) is 5.52. The zero-order valence-corrected chi connectivity index (χ0v) is 15.0. The van der Waals surface area contributed by atoms with Gasteiger partial charge in [-0.25, -0.2) is 0 Å². The maximum atomic E-state index is 12.4. The van der Waals surface area contributed by atoms with Gasteiger partial charge in [-0.2, -0.15) is 0 Å². The Morgan fingerprint density at radius 2 is 1.92 bits per heavy atom. The molecule has 132 valence electrons. The van der Waals surface area contributed by atoms with Crippen molar-refractivity contribution in [1.29, 1.82) is 0 Å². The summed E-state index contributed by atoms with van der Waals surface area (Å²) in [6, 6.07) is 14.2. The van der Waals surface area contributed by atoms with E-state index in [2.05, 4.69) is 5.32 Å². The van der Waals surface area contributed by atoms with Gasteiger partial charge in [-0.05, 0) is 41.6 Å². The largest absolute Gasteiger partial charge is 0.497 e. The van der Waals surface area contributed by atoms with Crippen LogP contribution in [0.15, 0.2) is 53.4 Å². The van der Waals surface area contributed by atoms with Crippen molar-refractivity contribution in [2.75, 3.05) is 13.4 Å². The lowest BCUT2D eigenvalue weighted by Gasteiger charge is -2.18. The van der Waals surface area contributed by atoms with Crippen molar-refractivity contribution in [3.05, 3.63) is 59.7 Å². The second kappa shape index (κ2) is 9.13. The standard InChI is InChI=1S/C19H21NO4S/c1-24-15-5-3-4-13(10-15)11-18(21)20-17(12-19(22)23)14-6-8-16(25-2)9-7-14/h3-10,17H,11-12H2,1-2H3,(H,20,21)(H,22,23). The maximum Gasteiger partial charge on any atom is 0.305 e. The molecule has 0 radical (unpaired) electrons. The van der Waals surface area contributed by atoms with Gasteiger partial charge in [-0.3, -0.25) is 9.59 Å². The van der Waals surface area contributed by atoms with Crippen LogP contribution < -0.4 is 10.1 Å². The first-order valence-corrected chi connectivity index (χ1v) is 9.02. The molecule has 0 spiro atoms. The molecule has 2 rings (SSSR count). The van der Waals surface area contributed by atoms with E-state index in [1.54, 1.807) is 24.9 Å². The van der Waals surface area contributed by atoms with Crippen LogP contribution in [0.25, 0.3) is 0 Å². The lowest BCUT2D eigenvalue weighted by Crippen LogP contribution is -2.31. The van der Waals surface area contributed by atoms with Gasteiger partial charge < -0.3 is 15.2 Å². The van der Waals surface area contributed by atoms with Crippen LogP contribution in [0.4, 0.5) is 0 Å². The Morgan fingerprint density at radius 3 is 2.52 bits per heavy atom. The van der Waals surface area contributed by atoms with Crippen LogP contribution in [0.1, 0.15) is 23.6 Å². The highest BCUT2D eigenvalue weighted by Crippen LogP contribution is 2.22. The molecule has 0 bridgehead atoms. The lowest BCUT2D eigenvalue weighted by atomic mass is 10.0. The number of ether oxygens (including phenoxy) is 1. The Hall–Kier alpha value is -2.47. The Kier molecular flexibility index (Phi) is 6.89. The number of hydrogen-bond acceptors (Lipinski definition) is 4. The van der Waals surface area contributed by atoms with Crippen molar-refractivity contribution < 1.29 is 19.4 Å². The highest BCUT2D eigenvalue weighted by Gasteiger charge is 2.18. The quantitative estimate of drug-likeness (QED) is 0.708. The van der Waals surface area contributed by atoms with E-state index in [0.29, 0.717) is 5.75 Å². The molecule has 1 unspecified atom stereocenters. The molecule has 1 amide bonds. The normalized spacial score (nSPS) is 11.6. The molecule has 2 aromatic carbocycles. The lowest BCUT2D eigenvalue weighted by molar-refractivity contribution is -0.137. The van der Waals surface area contributed by atoms with Crippen LogP contribution >= 0.6 is 11.8 Å². The Morgan fingerprint density at radius 1 is 1.20 bits per heavy atom. The molecule has 2 N–H and O–H groups in total. The van der Waals surface area contributed by atoms with Gasteiger partial charge in [0.2, 0.25) is 5.91 Å². The van der Waals surface area contributed by atoms with E-state index in [0.717, 1.165) is 16.0 Å². The first-order chi connectivity index (χ1) is 12.0. The third-order valence-corrected chi connectivity index (χ3v) is 4.47. The molecular formula is C19H21NO4S. The van der Waals surface area contributed by atoms with E-state index in [-0.39, 0.29) is 18.7 Å². The summed E-state index contributed by atoms with van der Waals surface area (Å²) in [6.45, 7) is 0. The fraction of sp³-hybridized carbons (Fsp3) is 0.263. The van der Waals surface area contributed by atoms with E-state index < -0.39 is 12.0 Å². The summed E-state index contributed by atoms with van der Waals surface area (Å²) in [6.07, 6.45) is 1.97. The summed E-state index contributed by atoms with van der Waals surface area (Å²) < 4.78 is 5.15. The minimum Gasteiger partial charge on any atom is -0.497 e. The van der Waals surface area contributed by atoms with Crippen LogP contribution in [0.5, 0.6) is 5.75 Å². The zero-order chi connectivity index (χ0) is 18.2. The van der Waals surface area contributed by atoms with Gasteiger partial charge in [0.15, 0.2) is 0 Å². The van der Waals surface area contributed by atoms with Gasteiger partial charge in [0.05, 0.1) is 26.0 Å². The van der Waals surface area contributed by atoms with Crippen LogP contribution in [-0.4, -0.2) is 30.3 Å². The third-order valence-electron chi connectivity index (χ3n) is 3.73. The van der Waals surface area contributed by atoms with Crippen LogP contribution in [0, 0.1) is 0 Å². The minimum absolute atomic E-state index is 0.163. The van der Waals surface area contributed by atoms with Crippen molar-refractivity contribution in [3.63, 3.8) is 0 Å². The number of thioether (sulfide) groups is 1. The van der Waals surface area contributed by atoms with E-state index in [4.69, 9.17) is 9.84 Å². The fourth-order valence-electron chi connectivity index (χ4n) is 2.48. The van der Waals surface area contributed by atoms with Gasteiger partial charge in [0, 0.05) is 4.90 Å². The number of nitrogens with one attached hydrogen (secondary N) is 1. The number of hydrogen-bond donors (Lipinski definition) is 2. The van der Waals surface area contributed by atoms with Crippen LogP contribution in [-0.2, 0) is 16.0 Å². The molecule has 0 aliphatic rings. The van der Waals surface area contributed by atoms with Crippen LogP contribution in [0.3, 0.4) is 0 Å². The number of carbonyl (C=O) groups excluding carboxylic acids is 1. The van der Waals surface area contributed by atoms with Crippen molar-refractivity contribution in [3.8, 4) is 5.75 Å². The molecule has 0 aliphatic heterocycles. The number of aliphatic carboxylic acids is 1. The molecule has 0 fully saturated rings. The Bertz CT molecular complexity index is 730. The molecule has 0 aromatic heterocycles. The SMILES string of the molecule is COc1cccc(CC(=O)NC(CC(=O)O)c2ccc(SC)cc2)c1. The van der Waals surface area contributed by atoms with Crippen LogP contribution in [0.2, 0.25) is 0 Å². The van der Waals surface area contributed by atoms with Crippen molar-refractivity contribution >= 4 is 23.6 Å². The number of benzene rings is 2. The Labute approximate surface area is 151 Å². The monoisotopic (exact) mass is 359 g/mol. The molecule has 0 saturated carbocycles. The van der Waals surface area contributed by atoms with Gasteiger partial charge >= 0.3 is 5.97 Å². The fourth-order valence-corrected chi connectivity index (χ4v) is 2.88. The number of rotatable bonds is 8.